The summed E-state index contributed by atoms with van der Waals surface area (Å²) in [5.74, 6) is -2.84. The number of nitrogens with one attached hydrogen (secondary N) is 2. The summed E-state index contributed by atoms with van der Waals surface area (Å²) < 4.78 is 52.0. The third-order valence-corrected chi connectivity index (χ3v) is 3.66. The minimum absolute atomic E-state index is 0.0380. The molecule has 10 heteroatoms. The van der Waals surface area contributed by atoms with Crippen molar-refractivity contribution >= 4 is 17.6 Å². The average Bonchev–Trinajstić information content (AvgIpc) is 2.67. The quantitative estimate of drug-likeness (QED) is 0.552. The molecule has 0 aliphatic carbocycles. The molecule has 28 heavy (non-hydrogen) atoms. The Morgan fingerprint density at radius 2 is 1.86 bits per heavy atom. The van der Waals surface area contributed by atoms with Crippen LogP contribution in [0, 0.1) is 0 Å². The first-order chi connectivity index (χ1) is 13.2. The van der Waals surface area contributed by atoms with Gasteiger partial charge in [-0.15, -0.1) is 0 Å². The van der Waals surface area contributed by atoms with E-state index < -0.39 is 23.7 Å². The van der Waals surface area contributed by atoms with Gasteiger partial charge in [0, 0.05) is 12.4 Å². The van der Waals surface area contributed by atoms with Crippen molar-refractivity contribution in [2.75, 3.05) is 19.0 Å². The van der Waals surface area contributed by atoms with Gasteiger partial charge >= 0.3 is 17.8 Å². The summed E-state index contributed by atoms with van der Waals surface area (Å²) in [4.78, 5) is 28.5. The average molecular weight is 397 g/mol. The Kier molecular flexibility index (Phi) is 6.45. The Hall–Kier alpha value is -3.30. The molecular formula is C18H18F3N3O4. The molecule has 0 fully saturated rings. The van der Waals surface area contributed by atoms with Crippen molar-refractivity contribution in [3.8, 4) is 5.75 Å². The molecule has 2 N–H and O–H groups in total. The minimum atomic E-state index is -5.25. The summed E-state index contributed by atoms with van der Waals surface area (Å²) in [6.07, 6.45) is -2.82. The Morgan fingerprint density at radius 3 is 2.43 bits per heavy atom. The van der Waals surface area contributed by atoms with Crippen LogP contribution in [0.25, 0.3) is 0 Å². The van der Waals surface area contributed by atoms with Crippen LogP contribution in [0.5, 0.6) is 5.75 Å². The molecule has 0 aliphatic rings. The molecule has 1 atom stereocenters. The van der Waals surface area contributed by atoms with E-state index in [0.29, 0.717) is 0 Å². The van der Waals surface area contributed by atoms with E-state index in [4.69, 9.17) is 4.74 Å². The second-order valence-electron chi connectivity index (χ2n) is 5.49. The van der Waals surface area contributed by atoms with Crippen LogP contribution in [0.4, 0.5) is 18.9 Å². The predicted octanol–water partition coefficient (Wildman–Crippen LogP) is 2.75. The molecule has 7 nitrogen and oxygen atoms in total. The van der Waals surface area contributed by atoms with E-state index in [1.807, 2.05) is 0 Å². The van der Waals surface area contributed by atoms with E-state index in [1.54, 1.807) is 5.32 Å². The monoisotopic (exact) mass is 397 g/mol. The van der Waals surface area contributed by atoms with Crippen molar-refractivity contribution in [1.82, 2.24) is 10.3 Å². The Balaban J connectivity index is 2.54. The largest absolute Gasteiger partial charge is 0.495 e. The fraction of sp³-hybridized carbons (Fsp3) is 0.278. The third kappa shape index (κ3) is 4.33. The number of nitrogens with zero attached hydrogens (tertiary/aromatic N) is 1. The second kappa shape index (κ2) is 8.59. The number of carbonyl (C=O) groups excluding carboxylic acids is 2. The first-order valence-electron chi connectivity index (χ1n) is 8.13. The molecule has 0 radical (unpaired) electrons. The lowest BCUT2D eigenvalue weighted by Crippen LogP contribution is -2.69. The molecule has 0 saturated heterocycles. The summed E-state index contributed by atoms with van der Waals surface area (Å²) in [5.41, 5.74) is -3.88. The predicted molar refractivity (Wildman–Crippen MR) is 93.7 cm³/mol. The number of aromatic nitrogens is 1. The second-order valence-corrected chi connectivity index (χ2v) is 5.49. The zero-order valence-corrected chi connectivity index (χ0v) is 15.0. The van der Waals surface area contributed by atoms with Crippen LogP contribution in [-0.2, 0) is 9.53 Å². The lowest BCUT2D eigenvalue weighted by Gasteiger charge is -2.35. The summed E-state index contributed by atoms with van der Waals surface area (Å²) >= 11 is 0. The van der Waals surface area contributed by atoms with E-state index in [-0.39, 0.29) is 23.6 Å². The van der Waals surface area contributed by atoms with Crippen LogP contribution < -0.4 is 15.4 Å². The zero-order chi connectivity index (χ0) is 20.8. The van der Waals surface area contributed by atoms with Crippen LogP contribution in [0.2, 0.25) is 0 Å². The number of methoxy groups -OCH3 is 1. The number of anilines is 1. The molecular weight excluding hydrogens is 379 g/mol. The van der Waals surface area contributed by atoms with Crippen LogP contribution >= 0.6 is 0 Å². The van der Waals surface area contributed by atoms with E-state index in [9.17, 15) is 22.8 Å². The van der Waals surface area contributed by atoms with E-state index in [0.717, 1.165) is 6.20 Å². The van der Waals surface area contributed by atoms with Crippen molar-refractivity contribution in [3.05, 3.63) is 54.4 Å². The molecule has 0 bridgehead atoms. The van der Waals surface area contributed by atoms with E-state index in [1.165, 1.54) is 56.6 Å². The van der Waals surface area contributed by atoms with Gasteiger partial charge in [-0.2, -0.15) is 13.2 Å². The highest BCUT2D eigenvalue weighted by Crippen LogP contribution is 2.36. The third-order valence-electron chi connectivity index (χ3n) is 3.66. The maximum atomic E-state index is 14.1. The van der Waals surface area contributed by atoms with Gasteiger partial charge in [0.05, 0.1) is 25.0 Å². The van der Waals surface area contributed by atoms with Crippen molar-refractivity contribution in [2.24, 2.45) is 0 Å². The van der Waals surface area contributed by atoms with Crippen LogP contribution in [-0.4, -0.2) is 42.4 Å². The lowest BCUT2D eigenvalue weighted by molar-refractivity contribution is -0.204. The molecule has 2 rings (SSSR count). The first-order valence-corrected chi connectivity index (χ1v) is 8.13. The fourth-order valence-corrected chi connectivity index (χ4v) is 2.32. The van der Waals surface area contributed by atoms with Gasteiger partial charge in [-0.05, 0) is 31.2 Å². The molecule has 2 aromatic rings. The maximum Gasteiger partial charge on any atom is 0.441 e. The van der Waals surface area contributed by atoms with Gasteiger partial charge in [-0.3, -0.25) is 9.78 Å². The number of carbonyl (C=O) groups is 2. The molecule has 1 unspecified atom stereocenters. The number of esters is 1. The minimum Gasteiger partial charge on any atom is -0.495 e. The van der Waals surface area contributed by atoms with Gasteiger partial charge in [0.1, 0.15) is 5.75 Å². The smallest absolute Gasteiger partial charge is 0.441 e. The van der Waals surface area contributed by atoms with E-state index >= 15 is 0 Å². The maximum absolute atomic E-state index is 14.1. The standard InChI is InChI=1S/C18H18F3N3O4/c1-3-28-16(26)17(18(19,20)21,23-13-8-4-5-9-14(13)27-2)24-15(25)12-7-6-10-22-11-12/h4-11,23H,3H2,1-2H3,(H,24,25). The van der Waals surface area contributed by atoms with Gasteiger partial charge in [-0.1, -0.05) is 12.1 Å². The van der Waals surface area contributed by atoms with Crippen molar-refractivity contribution in [1.29, 1.82) is 0 Å². The van der Waals surface area contributed by atoms with Gasteiger partial charge in [0.2, 0.25) is 0 Å². The summed E-state index contributed by atoms with van der Waals surface area (Å²) in [5, 5.41) is 3.79. The van der Waals surface area contributed by atoms with Crippen LogP contribution in [0.3, 0.4) is 0 Å². The first kappa shape index (κ1) is 21.0. The highest BCUT2D eigenvalue weighted by Gasteiger charge is 2.64. The molecule has 0 aliphatic heterocycles. The van der Waals surface area contributed by atoms with Crippen LogP contribution in [0.15, 0.2) is 48.8 Å². The Labute approximate surface area is 158 Å². The van der Waals surface area contributed by atoms with Crippen molar-refractivity contribution in [2.45, 2.75) is 18.8 Å². The number of rotatable bonds is 7. The SMILES string of the molecule is CCOC(=O)C(NC(=O)c1cccnc1)(Nc1ccccc1OC)C(F)(F)F. The lowest BCUT2D eigenvalue weighted by atomic mass is 10.1. The molecule has 0 saturated carbocycles. The normalized spacial score (nSPS) is 13.2. The highest BCUT2D eigenvalue weighted by atomic mass is 19.4. The van der Waals surface area contributed by atoms with Gasteiger partial charge in [0.15, 0.2) is 0 Å². The van der Waals surface area contributed by atoms with Gasteiger partial charge in [-0.25, -0.2) is 4.79 Å². The topological polar surface area (TPSA) is 89.5 Å². The van der Waals surface area contributed by atoms with Crippen molar-refractivity contribution < 1.29 is 32.2 Å². The summed E-state index contributed by atoms with van der Waals surface area (Å²) in [6, 6.07) is 8.30. The molecule has 150 valence electrons. The Morgan fingerprint density at radius 1 is 1.14 bits per heavy atom. The molecule has 0 spiro atoms. The number of para-hydroxylation sites is 2. The number of halogens is 3. The number of hydrogen-bond acceptors (Lipinski definition) is 6. The number of ether oxygens (including phenoxy) is 2. The van der Waals surface area contributed by atoms with Crippen molar-refractivity contribution in [3.63, 3.8) is 0 Å². The number of benzene rings is 1. The number of alkyl halides is 3. The molecule has 1 aromatic heterocycles. The van der Waals surface area contributed by atoms with Gasteiger partial charge < -0.3 is 20.1 Å². The number of amides is 1. The number of hydrogen-bond donors (Lipinski definition) is 2. The van der Waals surface area contributed by atoms with Gasteiger partial charge in [0.25, 0.3) is 5.91 Å². The highest BCUT2D eigenvalue weighted by molar-refractivity contribution is 5.99. The summed E-state index contributed by atoms with van der Waals surface area (Å²) in [6.45, 7) is 1.03. The molecule has 1 amide bonds. The van der Waals surface area contributed by atoms with E-state index in [2.05, 4.69) is 15.0 Å². The zero-order valence-electron chi connectivity index (χ0n) is 15.0. The molecule has 1 heterocycles. The fourth-order valence-electron chi connectivity index (χ4n) is 2.32. The molecule has 1 aromatic carbocycles. The summed E-state index contributed by atoms with van der Waals surface area (Å²) in [7, 11) is 1.26. The number of pyridine rings is 1. The Bertz CT molecular complexity index is 830. The van der Waals surface area contributed by atoms with Crippen LogP contribution in [0.1, 0.15) is 17.3 Å².